The van der Waals surface area contributed by atoms with E-state index in [-0.39, 0.29) is 11.7 Å². The zero-order valence-corrected chi connectivity index (χ0v) is 10.5. The lowest BCUT2D eigenvalue weighted by Crippen LogP contribution is -2.32. The molecule has 92 valence electrons. The molecular formula is C14H19NO2. The number of ketones is 1. The highest BCUT2D eigenvalue weighted by Gasteiger charge is 2.19. The zero-order chi connectivity index (χ0) is 12.3. The second-order valence-electron chi connectivity index (χ2n) is 4.71. The maximum atomic E-state index is 11.9. The molecular weight excluding hydrogens is 214 g/mol. The first-order valence-corrected chi connectivity index (χ1v) is 6.18. The van der Waals surface area contributed by atoms with E-state index in [0.717, 1.165) is 31.0 Å². The molecule has 3 nitrogen and oxygen atoms in total. The molecule has 1 aliphatic heterocycles. The molecule has 2 rings (SSSR count). The quantitative estimate of drug-likeness (QED) is 0.803. The van der Waals surface area contributed by atoms with Gasteiger partial charge in [-0.05, 0) is 18.6 Å². The van der Waals surface area contributed by atoms with Crippen molar-refractivity contribution in [1.29, 1.82) is 0 Å². The standard InChI is InChI=1S/C14H19NO2/c1-11(2)13(16)10-15-8-5-9-17-14-7-4-3-6-12(14)15/h3-4,6-7,11H,5,8-10H2,1-2H3. The summed E-state index contributed by atoms with van der Waals surface area (Å²) in [7, 11) is 0. The molecule has 3 heteroatoms. The summed E-state index contributed by atoms with van der Waals surface area (Å²) >= 11 is 0. The minimum absolute atomic E-state index is 0.0892. The molecule has 0 fully saturated rings. The van der Waals surface area contributed by atoms with E-state index in [0.29, 0.717) is 6.54 Å². The second-order valence-corrected chi connectivity index (χ2v) is 4.71. The lowest BCUT2D eigenvalue weighted by Gasteiger charge is -2.23. The summed E-state index contributed by atoms with van der Waals surface area (Å²) in [5, 5.41) is 0. The van der Waals surface area contributed by atoms with Crippen LogP contribution in [0.2, 0.25) is 0 Å². The number of anilines is 1. The predicted octanol–water partition coefficient (Wildman–Crippen LogP) is 2.50. The monoisotopic (exact) mass is 233 g/mol. The number of fused-ring (bicyclic) bond motifs is 1. The van der Waals surface area contributed by atoms with Crippen LogP contribution in [0.25, 0.3) is 0 Å². The van der Waals surface area contributed by atoms with Crippen molar-refractivity contribution in [2.24, 2.45) is 5.92 Å². The van der Waals surface area contributed by atoms with Crippen LogP contribution >= 0.6 is 0 Å². The molecule has 0 saturated heterocycles. The van der Waals surface area contributed by atoms with Gasteiger partial charge in [0.05, 0.1) is 18.8 Å². The Morgan fingerprint density at radius 3 is 2.94 bits per heavy atom. The van der Waals surface area contributed by atoms with Crippen molar-refractivity contribution >= 4 is 11.5 Å². The Labute approximate surface area is 102 Å². The van der Waals surface area contributed by atoms with Gasteiger partial charge >= 0.3 is 0 Å². The van der Waals surface area contributed by atoms with E-state index in [1.807, 2.05) is 38.1 Å². The normalized spacial score (nSPS) is 15.1. The summed E-state index contributed by atoms with van der Waals surface area (Å²) in [6, 6.07) is 7.94. The molecule has 0 unspecified atom stereocenters. The Balaban J connectivity index is 2.20. The van der Waals surface area contributed by atoms with E-state index in [2.05, 4.69) is 4.90 Å². The summed E-state index contributed by atoms with van der Waals surface area (Å²) in [6.07, 6.45) is 0.958. The number of benzene rings is 1. The smallest absolute Gasteiger partial charge is 0.154 e. The van der Waals surface area contributed by atoms with Crippen LogP contribution in [0.15, 0.2) is 24.3 Å². The van der Waals surface area contributed by atoms with Gasteiger partial charge in [0.1, 0.15) is 5.75 Å². The van der Waals surface area contributed by atoms with Crippen molar-refractivity contribution in [3.05, 3.63) is 24.3 Å². The number of carbonyl (C=O) groups excluding carboxylic acids is 1. The third-order valence-electron chi connectivity index (χ3n) is 3.03. The number of hydrogen-bond acceptors (Lipinski definition) is 3. The van der Waals surface area contributed by atoms with Crippen molar-refractivity contribution in [2.45, 2.75) is 20.3 Å². The van der Waals surface area contributed by atoms with Crippen molar-refractivity contribution in [2.75, 3.05) is 24.6 Å². The molecule has 0 atom stereocenters. The van der Waals surface area contributed by atoms with Gasteiger partial charge in [-0.2, -0.15) is 0 Å². The van der Waals surface area contributed by atoms with Gasteiger partial charge in [-0.3, -0.25) is 4.79 Å². The van der Waals surface area contributed by atoms with Gasteiger partial charge in [0, 0.05) is 12.5 Å². The number of ether oxygens (including phenoxy) is 1. The van der Waals surface area contributed by atoms with Crippen LogP contribution in [0.4, 0.5) is 5.69 Å². The van der Waals surface area contributed by atoms with E-state index in [1.165, 1.54) is 0 Å². The van der Waals surface area contributed by atoms with E-state index >= 15 is 0 Å². The van der Waals surface area contributed by atoms with Gasteiger partial charge in [-0.15, -0.1) is 0 Å². The summed E-state index contributed by atoms with van der Waals surface area (Å²) in [5.41, 5.74) is 1.04. The summed E-state index contributed by atoms with van der Waals surface area (Å²) in [4.78, 5) is 14.0. The first-order valence-electron chi connectivity index (χ1n) is 6.18. The molecule has 0 saturated carbocycles. The Bertz CT molecular complexity index is 401. The number of rotatable bonds is 3. The molecule has 0 amide bonds. The summed E-state index contributed by atoms with van der Waals surface area (Å²) < 4.78 is 5.67. The van der Waals surface area contributed by atoms with Crippen LogP contribution in [-0.4, -0.2) is 25.5 Å². The number of para-hydroxylation sites is 2. The van der Waals surface area contributed by atoms with Gasteiger partial charge in [0.2, 0.25) is 0 Å². The van der Waals surface area contributed by atoms with E-state index in [1.54, 1.807) is 0 Å². The van der Waals surface area contributed by atoms with Gasteiger partial charge in [-0.25, -0.2) is 0 Å². The van der Waals surface area contributed by atoms with Crippen LogP contribution in [-0.2, 0) is 4.79 Å². The number of Topliss-reactive ketones (excluding diaryl/α,β-unsaturated/α-hetero) is 1. The molecule has 1 aromatic carbocycles. The van der Waals surface area contributed by atoms with Gasteiger partial charge < -0.3 is 9.64 Å². The van der Waals surface area contributed by atoms with Crippen molar-refractivity contribution in [1.82, 2.24) is 0 Å². The van der Waals surface area contributed by atoms with Crippen molar-refractivity contribution in [3.8, 4) is 5.75 Å². The number of hydrogen-bond donors (Lipinski definition) is 0. The molecule has 1 heterocycles. The third kappa shape index (κ3) is 2.78. The number of carbonyl (C=O) groups is 1. The minimum Gasteiger partial charge on any atom is -0.491 e. The number of nitrogens with zero attached hydrogens (tertiary/aromatic N) is 1. The molecule has 0 spiro atoms. The summed E-state index contributed by atoms with van der Waals surface area (Å²) in [6.45, 7) is 5.99. The van der Waals surface area contributed by atoms with E-state index in [4.69, 9.17) is 4.74 Å². The van der Waals surface area contributed by atoms with E-state index < -0.39 is 0 Å². The molecule has 0 radical (unpaired) electrons. The van der Waals surface area contributed by atoms with Gasteiger partial charge in [-0.1, -0.05) is 26.0 Å². The van der Waals surface area contributed by atoms with Crippen LogP contribution < -0.4 is 9.64 Å². The maximum absolute atomic E-state index is 11.9. The topological polar surface area (TPSA) is 29.5 Å². The fraction of sp³-hybridized carbons (Fsp3) is 0.500. The Morgan fingerprint density at radius 2 is 2.18 bits per heavy atom. The first kappa shape index (κ1) is 12.0. The first-order chi connectivity index (χ1) is 8.18. The Kier molecular flexibility index (Phi) is 3.67. The fourth-order valence-electron chi connectivity index (χ4n) is 1.93. The molecule has 0 bridgehead atoms. The molecule has 1 aromatic rings. The van der Waals surface area contributed by atoms with Crippen LogP contribution in [0, 0.1) is 5.92 Å². The van der Waals surface area contributed by atoms with Gasteiger partial charge in [0.15, 0.2) is 5.78 Å². The second kappa shape index (κ2) is 5.21. The zero-order valence-electron chi connectivity index (χ0n) is 10.5. The average Bonchev–Trinajstić information content (AvgIpc) is 2.52. The van der Waals surface area contributed by atoms with Crippen LogP contribution in [0.3, 0.4) is 0 Å². The highest BCUT2D eigenvalue weighted by Crippen LogP contribution is 2.30. The lowest BCUT2D eigenvalue weighted by atomic mass is 10.1. The Morgan fingerprint density at radius 1 is 1.41 bits per heavy atom. The highest BCUT2D eigenvalue weighted by atomic mass is 16.5. The molecule has 1 aliphatic rings. The molecule has 17 heavy (non-hydrogen) atoms. The SMILES string of the molecule is CC(C)C(=O)CN1CCCOc2ccccc21. The van der Waals surface area contributed by atoms with E-state index in [9.17, 15) is 4.79 Å². The van der Waals surface area contributed by atoms with Crippen LogP contribution in [0.1, 0.15) is 20.3 Å². The van der Waals surface area contributed by atoms with Crippen LogP contribution in [0.5, 0.6) is 5.75 Å². The molecule has 0 aliphatic carbocycles. The molecule has 0 N–H and O–H groups in total. The lowest BCUT2D eigenvalue weighted by molar-refractivity contribution is -0.120. The highest BCUT2D eigenvalue weighted by molar-refractivity contribution is 5.85. The van der Waals surface area contributed by atoms with Gasteiger partial charge in [0.25, 0.3) is 0 Å². The average molecular weight is 233 g/mol. The van der Waals surface area contributed by atoms with Crippen molar-refractivity contribution in [3.63, 3.8) is 0 Å². The fourth-order valence-corrected chi connectivity index (χ4v) is 1.93. The third-order valence-corrected chi connectivity index (χ3v) is 3.03. The minimum atomic E-state index is 0.0892. The predicted molar refractivity (Wildman–Crippen MR) is 68.6 cm³/mol. The van der Waals surface area contributed by atoms with Crippen molar-refractivity contribution < 1.29 is 9.53 Å². The Hall–Kier alpha value is -1.51. The molecule has 0 aromatic heterocycles. The maximum Gasteiger partial charge on any atom is 0.154 e. The summed E-state index contributed by atoms with van der Waals surface area (Å²) in [5.74, 6) is 1.26. The largest absolute Gasteiger partial charge is 0.491 e.